The van der Waals surface area contributed by atoms with Crippen LogP contribution in [-0.2, 0) is 6.42 Å². The molecule has 0 aliphatic heterocycles. The van der Waals surface area contributed by atoms with Crippen LogP contribution in [0.1, 0.15) is 69.4 Å². The third-order valence-electron chi connectivity index (χ3n) is 3.68. The van der Waals surface area contributed by atoms with Crippen molar-refractivity contribution in [2.24, 2.45) is 0 Å². The maximum absolute atomic E-state index is 5.71. The number of aryl methyl sites for hydroxylation is 1. The summed E-state index contributed by atoms with van der Waals surface area (Å²) in [4.78, 5) is 0. The zero-order valence-corrected chi connectivity index (χ0v) is 13.7. The van der Waals surface area contributed by atoms with Gasteiger partial charge in [0.1, 0.15) is 0 Å². The van der Waals surface area contributed by atoms with E-state index in [9.17, 15) is 0 Å². The van der Waals surface area contributed by atoms with Crippen molar-refractivity contribution in [2.45, 2.75) is 64.7 Å². The largest absolute Gasteiger partial charge is 0.126 e. The zero-order valence-electron chi connectivity index (χ0n) is 12.9. The topological polar surface area (TPSA) is 0 Å². The van der Waals surface area contributed by atoms with Crippen molar-refractivity contribution in [3.05, 3.63) is 41.5 Å². The minimum absolute atomic E-state index is 0.705. The molecule has 0 N–H and O–H groups in total. The van der Waals surface area contributed by atoms with Crippen LogP contribution in [0.15, 0.2) is 30.3 Å². The lowest BCUT2D eigenvalue weighted by molar-refractivity contribution is 0.589. The van der Waals surface area contributed by atoms with E-state index >= 15 is 0 Å². The van der Waals surface area contributed by atoms with E-state index in [0.717, 1.165) is 6.42 Å². The lowest BCUT2D eigenvalue weighted by Gasteiger charge is -2.06. The van der Waals surface area contributed by atoms with E-state index in [0.29, 0.717) is 5.88 Å². The second kappa shape index (κ2) is 12.0. The smallest absolute Gasteiger partial charge is 0.0258 e. The summed E-state index contributed by atoms with van der Waals surface area (Å²) >= 11 is 5.71. The number of hydrogen-bond donors (Lipinski definition) is 0. The monoisotopic (exact) mass is 292 g/mol. The molecule has 112 valence electrons. The molecule has 0 saturated carbocycles. The molecule has 0 aliphatic rings. The van der Waals surface area contributed by atoms with Gasteiger partial charge in [0.15, 0.2) is 0 Å². The highest BCUT2D eigenvalue weighted by atomic mass is 35.5. The maximum atomic E-state index is 5.71. The van der Waals surface area contributed by atoms with Crippen molar-refractivity contribution in [2.75, 3.05) is 5.88 Å². The molecule has 1 rings (SSSR count). The molecule has 0 saturated heterocycles. The highest BCUT2D eigenvalue weighted by molar-refractivity contribution is 6.17. The number of allylic oxidation sites excluding steroid dienone is 1. The Morgan fingerprint density at radius 1 is 0.950 bits per heavy atom. The van der Waals surface area contributed by atoms with Gasteiger partial charge in [0.25, 0.3) is 0 Å². The zero-order chi connectivity index (χ0) is 14.5. The van der Waals surface area contributed by atoms with Crippen molar-refractivity contribution < 1.29 is 0 Å². The SMILES string of the molecule is CCCCCCCCCc1ccccc1/C=C/CCCl. The Kier molecular flexibility index (Phi) is 10.4. The van der Waals surface area contributed by atoms with Crippen molar-refractivity contribution >= 4 is 17.7 Å². The molecular weight excluding hydrogens is 264 g/mol. The van der Waals surface area contributed by atoms with E-state index in [1.54, 1.807) is 0 Å². The highest BCUT2D eigenvalue weighted by Gasteiger charge is 1.99. The van der Waals surface area contributed by atoms with Gasteiger partial charge in [0.05, 0.1) is 0 Å². The van der Waals surface area contributed by atoms with Crippen LogP contribution in [0.3, 0.4) is 0 Å². The molecule has 0 bridgehead atoms. The summed E-state index contributed by atoms with van der Waals surface area (Å²) in [5.41, 5.74) is 2.84. The number of hydrogen-bond acceptors (Lipinski definition) is 0. The second-order valence-corrected chi connectivity index (χ2v) is 5.83. The fourth-order valence-electron chi connectivity index (χ4n) is 2.47. The molecule has 20 heavy (non-hydrogen) atoms. The molecule has 0 spiro atoms. The minimum atomic E-state index is 0.705. The third-order valence-corrected chi connectivity index (χ3v) is 3.90. The number of benzene rings is 1. The molecule has 0 atom stereocenters. The molecule has 0 aromatic heterocycles. The van der Waals surface area contributed by atoms with Crippen LogP contribution >= 0.6 is 11.6 Å². The summed E-state index contributed by atoms with van der Waals surface area (Å²) in [5.74, 6) is 0.705. The first-order valence-electron chi connectivity index (χ1n) is 8.19. The Hall–Kier alpha value is -0.750. The quantitative estimate of drug-likeness (QED) is 0.317. The lowest BCUT2D eigenvalue weighted by atomic mass is 10.00. The lowest BCUT2D eigenvalue weighted by Crippen LogP contribution is -1.90. The standard InChI is InChI=1S/C19H29Cl/c1-2-3-4-5-6-7-8-13-18-14-9-10-15-19(18)16-11-12-17-20/h9-11,14-16H,2-8,12-13,17H2,1H3/b16-11+. The van der Waals surface area contributed by atoms with Crippen LogP contribution in [0.25, 0.3) is 6.08 Å². The van der Waals surface area contributed by atoms with Gasteiger partial charge in [-0.2, -0.15) is 0 Å². The van der Waals surface area contributed by atoms with E-state index in [-0.39, 0.29) is 0 Å². The van der Waals surface area contributed by atoms with Gasteiger partial charge in [-0.15, -0.1) is 11.6 Å². The first-order valence-corrected chi connectivity index (χ1v) is 8.72. The normalized spacial score (nSPS) is 11.3. The number of rotatable bonds is 11. The van der Waals surface area contributed by atoms with E-state index in [2.05, 4.69) is 43.3 Å². The van der Waals surface area contributed by atoms with Crippen LogP contribution < -0.4 is 0 Å². The molecule has 0 fully saturated rings. The molecule has 0 nitrogen and oxygen atoms in total. The first kappa shape index (κ1) is 17.3. The summed E-state index contributed by atoms with van der Waals surface area (Å²) in [6.07, 6.45) is 16.2. The minimum Gasteiger partial charge on any atom is -0.126 e. The summed E-state index contributed by atoms with van der Waals surface area (Å²) < 4.78 is 0. The molecule has 1 aromatic rings. The highest BCUT2D eigenvalue weighted by Crippen LogP contribution is 2.16. The second-order valence-electron chi connectivity index (χ2n) is 5.45. The Balaban J connectivity index is 2.28. The molecular formula is C19H29Cl. The van der Waals surface area contributed by atoms with Crippen LogP contribution in [0.4, 0.5) is 0 Å². The Morgan fingerprint density at radius 2 is 1.65 bits per heavy atom. The fraction of sp³-hybridized carbons (Fsp3) is 0.579. The van der Waals surface area contributed by atoms with E-state index in [1.807, 2.05) is 0 Å². The van der Waals surface area contributed by atoms with Gasteiger partial charge in [0, 0.05) is 5.88 Å². The van der Waals surface area contributed by atoms with Crippen molar-refractivity contribution in [1.29, 1.82) is 0 Å². The molecule has 0 radical (unpaired) electrons. The summed E-state index contributed by atoms with van der Waals surface area (Å²) in [6.45, 7) is 2.27. The van der Waals surface area contributed by atoms with E-state index in [1.165, 1.54) is 62.5 Å². The van der Waals surface area contributed by atoms with Crippen LogP contribution in [0.2, 0.25) is 0 Å². The number of alkyl halides is 1. The molecule has 1 heteroatoms. The Bertz CT molecular complexity index is 368. The van der Waals surface area contributed by atoms with Crippen molar-refractivity contribution in [3.8, 4) is 0 Å². The molecule has 0 heterocycles. The Morgan fingerprint density at radius 3 is 2.40 bits per heavy atom. The number of unbranched alkanes of at least 4 members (excludes halogenated alkanes) is 6. The van der Waals surface area contributed by atoms with Gasteiger partial charge in [-0.05, 0) is 30.4 Å². The molecule has 0 unspecified atom stereocenters. The van der Waals surface area contributed by atoms with Crippen LogP contribution in [0.5, 0.6) is 0 Å². The van der Waals surface area contributed by atoms with Crippen LogP contribution in [-0.4, -0.2) is 5.88 Å². The van der Waals surface area contributed by atoms with Gasteiger partial charge < -0.3 is 0 Å². The summed E-state index contributed by atoms with van der Waals surface area (Å²) in [7, 11) is 0. The van der Waals surface area contributed by atoms with Crippen LogP contribution in [0, 0.1) is 0 Å². The molecule has 1 aromatic carbocycles. The average molecular weight is 293 g/mol. The summed E-state index contributed by atoms with van der Waals surface area (Å²) in [6, 6.07) is 8.74. The number of halogens is 1. The maximum Gasteiger partial charge on any atom is 0.0258 e. The van der Waals surface area contributed by atoms with E-state index < -0.39 is 0 Å². The van der Waals surface area contributed by atoms with Gasteiger partial charge in [-0.1, -0.05) is 81.9 Å². The van der Waals surface area contributed by atoms with Gasteiger partial charge in [0.2, 0.25) is 0 Å². The van der Waals surface area contributed by atoms with Gasteiger partial charge in [-0.25, -0.2) is 0 Å². The first-order chi connectivity index (χ1) is 9.88. The predicted octanol–water partition coefficient (Wildman–Crippen LogP) is 6.62. The molecule has 0 aliphatic carbocycles. The van der Waals surface area contributed by atoms with Crippen molar-refractivity contribution in [1.82, 2.24) is 0 Å². The Labute approximate surface area is 130 Å². The molecule has 0 amide bonds. The van der Waals surface area contributed by atoms with Gasteiger partial charge in [-0.3, -0.25) is 0 Å². The van der Waals surface area contributed by atoms with Crippen molar-refractivity contribution in [3.63, 3.8) is 0 Å². The van der Waals surface area contributed by atoms with E-state index in [4.69, 9.17) is 11.6 Å². The summed E-state index contributed by atoms with van der Waals surface area (Å²) in [5, 5.41) is 0. The predicted molar refractivity (Wildman–Crippen MR) is 92.5 cm³/mol. The fourth-order valence-corrected chi connectivity index (χ4v) is 2.60. The third kappa shape index (κ3) is 7.75. The van der Waals surface area contributed by atoms with Gasteiger partial charge >= 0.3 is 0 Å². The average Bonchev–Trinajstić information content (AvgIpc) is 2.48.